The zero-order valence-corrected chi connectivity index (χ0v) is 13.7. The molecule has 3 heterocycles. The number of carbonyl (C=O) groups is 1. The van der Waals surface area contributed by atoms with Crippen LogP contribution >= 0.6 is 11.6 Å². The van der Waals surface area contributed by atoms with E-state index in [0.29, 0.717) is 13.2 Å². The van der Waals surface area contributed by atoms with E-state index in [9.17, 15) is 4.79 Å². The fourth-order valence-corrected chi connectivity index (χ4v) is 3.32. The predicted octanol–water partition coefficient (Wildman–Crippen LogP) is 2.82. The summed E-state index contributed by atoms with van der Waals surface area (Å²) in [6, 6.07) is 7.93. The maximum absolute atomic E-state index is 12.8. The van der Waals surface area contributed by atoms with Crippen LogP contribution in [0, 0.1) is 0 Å². The third kappa shape index (κ3) is 2.15. The molecule has 0 atom stereocenters. The van der Waals surface area contributed by atoms with Gasteiger partial charge in [-0.3, -0.25) is 4.79 Å². The molecule has 2 aromatic rings. The van der Waals surface area contributed by atoms with Crippen LogP contribution in [0.25, 0.3) is 11.3 Å². The van der Waals surface area contributed by atoms with E-state index in [1.807, 2.05) is 43.0 Å². The molecule has 1 amide bonds. The van der Waals surface area contributed by atoms with Gasteiger partial charge in [-0.05, 0) is 43.1 Å². The number of benzene rings is 1. The van der Waals surface area contributed by atoms with Gasteiger partial charge < -0.3 is 9.64 Å². The van der Waals surface area contributed by atoms with Crippen molar-refractivity contribution < 1.29 is 9.53 Å². The van der Waals surface area contributed by atoms with Gasteiger partial charge in [-0.15, -0.1) is 0 Å². The molecule has 2 aliphatic rings. The summed E-state index contributed by atoms with van der Waals surface area (Å²) in [4.78, 5) is 22.9. The highest BCUT2D eigenvalue weighted by Crippen LogP contribution is 2.44. The van der Waals surface area contributed by atoms with Crippen molar-refractivity contribution in [1.82, 2.24) is 9.97 Å². The number of hydrogen-bond donors (Lipinski definition) is 0. The maximum atomic E-state index is 12.8. The molecule has 2 aliphatic heterocycles. The first-order valence-corrected chi connectivity index (χ1v) is 7.91. The fourth-order valence-electron chi connectivity index (χ4n) is 3.18. The van der Waals surface area contributed by atoms with E-state index in [2.05, 4.69) is 9.97 Å². The molecule has 0 aliphatic carbocycles. The van der Waals surface area contributed by atoms with Crippen molar-refractivity contribution in [2.75, 3.05) is 18.1 Å². The minimum atomic E-state index is -0.521. The standard InChI is InChI=1S/C17H16ClN3O2/c1-17(2)12-4-3-10(13-5-6-19-16(18)20-13)7-14(12)21(15(17)22)11-8-23-9-11/h3-7,11H,8-9H2,1-2H3. The highest BCUT2D eigenvalue weighted by Gasteiger charge is 2.47. The molecule has 0 radical (unpaired) electrons. The average Bonchev–Trinajstić information content (AvgIpc) is 2.67. The summed E-state index contributed by atoms with van der Waals surface area (Å²) >= 11 is 5.89. The molecule has 1 aromatic heterocycles. The van der Waals surface area contributed by atoms with E-state index in [4.69, 9.17) is 16.3 Å². The Labute approximate surface area is 139 Å². The molecule has 0 unspecified atom stereocenters. The minimum absolute atomic E-state index is 0.118. The minimum Gasteiger partial charge on any atom is -0.377 e. The summed E-state index contributed by atoms with van der Waals surface area (Å²) in [6.07, 6.45) is 1.63. The number of nitrogens with zero attached hydrogens (tertiary/aromatic N) is 3. The summed E-state index contributed by atoms with van der Waals surface area (Å²) in [5.74, 6) is 0.124. The lowest BCUT2D eigenvalue weighted by molar-refractivity contribution is -0.124. The van der Waals surface area contributed by atoms with E-state index in [-0.39, 0.29) is 17.2 Å². The Bertz CT molecular complexity index is 802. The number of halogens is 1. The fraction of sp³-hybridized carbons (Fsp3) is 0.353. The van der Waals surface area contributed by atoms with E-state index < -0.39 is 5.41 Å². The highest BCUT2D eigenvalue weighted by molar-refractivity contribution is 6.28. The van der Waals surface area contributed by atoms with Crippen LogP contribution < -0.4 is 4.90 Å². The van der Waals surface area contributed by atoms with Crippen LogP contribution in [-0.4, -0.2) is 35.1 Å². The van der Waals surface area contributed by atoms with Crippen LogP contribution in [0.1, 0.15) is 19.4 Å². The predicted molar refractivity (Wildman–Crippen MR) is 87.6 cm³/mol. The Kier molecular flexibility index (Phi) is 3.18. The maximum Gasteiger partial charge on any atom is 0.237 e. The van der Waals surface area contributed by atoms with Crippen LogP contribution in [0.5, 0.6) is 0 Å². The Morgan fingerprint density at radius 2 is 2.09 bits per heavy atom. The van der Waals surface area contributed by atoms with Gasteiger partial charge in [0.05, 0.1) is 30.4 Å². The first-order valence-electron chi connectivity index (χ1n) is 7.53. The smallest absolute Gasteiger partial charge is 0.237 e. The molecule has 0 spiro atoms. The van der Waals surface area contributed by atoms with Gasteiger partial charge in [0.15, 0.2) is 0 Å². The normalized spacial score (nSPS) is 19.6. The van der Waals surface area contributed by atoms with Crippen molar-refractivity contribution in [3.63, 3.8) is 0 Å². The Morgan fingerprint density at radius 3 is 2.74 bits per heavy atom. The van der Waals surface area contributed by atoms with Gasteiger partial charge in [-0.25, -0.2) is 9.97 Å². The first-order chi connectivity index (χ1) is 11.0. The van der Waals surface area contributed by atoms with Crippen molar-refractivity contribution in [2.45, 2.75) is 25.3 Å². The molecule has 0 saturated carbocycles. The number of ether oxygens (including phenoxy) is 1. The van der Waals surface area contributed by atoms with Gasteiger partial charge in [0.1, 0.15) is 0 Å². The molecular weight excluding hydrogens is 314 g/mol. The van der Waals surface area contributed by atoms with Crippen molar-refractivity contribution in [1.29, 1.82) is 0 Å². The van der Waals surface area contributed by atoms with Gasteiger partial charge in [-0.1, -0.05) is 12.1 Å². The summed E-state index contributed by atoms with van der Waals surface area (Å²) in [5.41, 5.74) is 3.13. The van der Waals surface area contributed by atoms with Crippen molar-refractivity contribution in [2.24, 2.45) is 0 Å². The van der Waals surface area contributed by atoms with Gasteiger partial charge in [0, 0.05) is 17.4 Å². The molecule has 6 heteroatoms. The second-order valence-electron chi connectivity index (χ2n) is 6.43. The Morgan fingerprint density at radius 1 is 1.30 bits per heavy atom. The number of fused-ring (bicyclic) bond motifs is 1. The highest BCUT2D eigenvalue weighted by atomic mass is 35.5. The Balaban J connectivity index is 1.84. The van der Waals surface area contributed by atoms with Gasteiger partial charge in [0.25, 0.3) is 0 Å². The molecule has 4 rings (SSSR count). The van der Waals surface area contributed by atoms with Crippen LogP contribution in [0.2, 0.25) is 5.28 Å². The van der Waals surface area contributed by atoms with E-state index in [1.165, 1.54) is 0 Å². The molecule has 1 aromatic carbocycles. The van der Waals surface area contributed by atoms with Gasteiger partial charge in [-0.2, -0.15) is 0 Å². The topological polar surface area (TPSA) is 55.3 Å². The van der Waals surface area contributed by atoms with E-state index in [1.54, 1.807) is 6.20 Å². The third-order valence-electron chi connectivity index (χ3n) is 4.59. The number of amides is 1. The number of carbonyl (C=O) groups excluding carboxylic acids is 1. The molecule has 0 N–H and O–H groups in total. The molecule has 118 valence electrons. The molecule has 1 saturated heterocycles. The van der Waals surface area contributed by atoms with E-state index >= 15 is 0 Å². The van der Waals surface area contributed by atoms with Crippen molar-refractivity contribution >= 4 is 23.2 Å². The van der Waals surface area contributed by atoms with Gasteiger partial charge in [0.2, 0.25) is 11.2 Å². The SMILES string of the molecule is CC1(C)C(=O)N(C2COC2)c2cc(-c3ccnc(Cl)n3)ccc21. The summed E-state index contributed by atoms with van der Waals surface area (Å²) in [6.45, 7) is 5.11. The number of hydrogen-bond acceptors (Lipinski definition) is 4. The van der Waals surface area contributed by atoms with Crippen LogP contribution in [-0.2, 0) is 14.9 Å². The lowest BCUT2D eigenvalue weighted by atomic mass is 9.85. The summed E-state index contributed by atoms with van der Waals surface area (Å²) in [5, 5.41) is 0.212. The lowest BCUT2D eigenvalue weighted by Gasteiger charge is -2.35. The molecule has 0 bridgehead atoms. The van der Waals surface area contributed by atoms with Crippen molar-refractivity contribution in [3.8, 4) is 11.3 Å². The average molecular weight is 330 g/mol. The summed E-state index contributed by atoms with van der Waals surface area (Å²) in [7, 11) is 0. The quantitative estimate of drug-likeness (QED) is 0.795. The molecule has 5 nitrogen and oxygen atoms in total. The zero-order valence-electron chi connectivity index (χ0n) is 12.9. The van der Waals surface area contributed by atoms with Crippen molar-refractivity contribution in [3.05, 3.63) is 41.3 Å². The second-order valence-corrected chi connectivity index (χ2v) is 6.77. The zero-order chi connectivity index (χ0) is 16.2. The molecule has 23 heavy (non-hydrogen) atoms. The monoisotopic (exact) mass is 329 g/mol. The second kappa shape index (κ2) is 5.01. The lowest BCUT2D eigenvalue weighted by Crippen LogP contribution is -2.52. The molecule has 1 fully saturated rings. The van der Waals surface area contributed by atoms with Crippen LogP contribution in [0.4, 0.5) is 5.69 Å². The number of aromatic nitrogens is 2. The van der Waals surface area contributed by atoms with Crippen LogP contribution in [0.3, 0.4) is 0 Å². The third-order valence-corrected chi connectivity index (χ3v) is 4.77. The van der Waals surface area contributed by atoms with E-state index in [0.717, 1.165) is 22.5 Å². The molecular formula is C17H16ClN3O2. The number of rotatable bonds is 2. The largest absolute Gasteiger partial charge is 0.377 e. The van der Waals surface area contributed by atoms with Gasteiger partial charge >= 0.3 is 0 Å². The Hall–Kier alpha value is -1.98. The number of anilines is 1. The summed E-state index contributed by atoms with van der Waals surface area (Å²) < 4.78 is 5.28. The van der Waals surface area contributed by atoms with Crippen LogP contribution in [0.15, 0.2) is 30.5 Å². The first kappa shape index (κ1) is 14.6.